The molecule has 0 aliphatic heterocycles. The van der Waals surface area contributed by atoms with E-state index >= 15 is 0 Å². The number of halogens is 1. The number of carbonyl (C=O) groups is 2. The zero-order valence-electron chi connectivity index (χ0n) is 16.5. The number of benzene rings is 1. The molecule has 158 valence electrons. The van der Waals surface area contributed by atoms with Crippen LogP contribution in [0.3, 0.4) is 0 Å². The number of sulfonamides is 1. The second-order valence-corrected chi connectivity index (χ2v) is 8.16. The normalized spacial score (nSPS) is 12.4. The summed E-state index contributed by atoms with van der Waals surface area (Å²) in [7, 11) is -3.98. The molecule has 1 atom stereocenters. The molecule has 3 N–H and O–H groups in total. The average Bonchev–Trinajstić information content (AvgIpc) is 2.99. The second-order valence-electron chi connectivity index (χ2n) is 6.51. The van der Waals surface area contributed by atoms with Crippen molar-refractivity contribution in [2.75, 3.05) is 13.1 Å². The smallest absolute Gasteiger partial charge is 0.251 e. The van der Waals surface area contributed by atoms with Gasteiger partial charge in [-0.05, 0) is 45.4 Å². The summed E-state index contributed by atoms with van der Waals surface area (Å²) in [5, 5.41) is 8.65. The van der Waals surface area contributed by atoms with Crippen LogP contribution in [0.2, 0.25) is 0 Å². The van der Waals surface area contributed by atoms with Gasteiger partial charge < -0.3 is 15.2 Å². The number of nitrogens with one attached hydrogen (secondary N) is 3. The molecule has 0 bridgehead atoms. The molecule has 0 radical (unpaired) electrons. The van der Waals surface area contributed by atoms with E-state index in [-0.39, 0.29) is 35.0 Å². The van der Waals surface area contributed by atoms with E-state index in [1.54, 1.807) is 6.92 Å². The molecule has 11 heteroatoms. The van der Waals surface area contributed by atoms with E-state index in [2.05, 4.69) is 20.5 Å². The molecular weight excluding hydrogens is 403 g/mol. The number of aryl methyl sites for hydroxylation is 3. The van der Waals surface area contributed by atoms with Gasteiger partial charge in [0.2, 0.25) is 15.9 Å². The fraction of sp³-hybridized carbons (Fsp3) is 0.389. The van der Waals surface area contributed by atoms with Crippen molar-refractivity contribution in [2.45, 2.75) is 38.6 Å². The van der Waals surface area contributed by atoms with Crippen molar-refractivity contribution in [3.63, 3.8) is 0 Å². The summed E-state index contributed by atoms with van der Waals surface area (Å²) >= 11 is 0. The zero-order valence-corrected chi connectivity index (χ0v) is 17.3. The van der Waals surface area contributed by atoms with Gasteiger partial charge in [-0.3, -0.25) is 9.59 Å². The SMILES string of the molecule is Cc1ccc(C(=O)NCCNC(=O)[C@H](C)NS(=O)(=O)c2c(C)noc2C)cc1F. The summed E-state index contributed by atoms with van der Waals surface area (Å²) in [5.41, 5.74) is 0.791. The highest BCUT2D eigenvalue weighted by Gasteiger charge is 2.28. The van der Waals surface area contributed by atoms with E-state index in [1.807, 2.05) is 0 Å². The topological polar surface area (TPSA) is 130 Å². The molecule has 0 saturated heterocycles. The number of hydrogen-bond acceptors (Lipinski definition) is 6. The summed E-state index contributed by atoms with van der Waals surface area (Å²) in [6.45, 7) is 6.08. The molecule has 2 rings (SSSR count). The Bertz CT molecular complexity index is 1000. The molecule has 0 aliphatic rings. The molecule has 0 fully saturated rings. The maximum Gasteiger partial charge on any atom is 0.251 e. The van der Waals surface area contributed by atoms with E-state index in [9.17, 15) is 22.4 Å². The van der Waals surface area contributed by atoms with Crippen LogP contribution in [0.1, 0.15) is 34.3 Å². The van der Waals surface area contributed by atoms with Crippen molar-refractivity contribution in [2.24, 2.45) is 0 Å². The first kappa shape index (κ1) is 22.5. The highest BCUT2D eigenvalue weighted by molar-refractivity contribution is 7.89. The molecule has 0 unspecified atom stereocenters. The fourth-order valence-corrected chi connectivity index (χ4v) is 4.09. The van der Waals surface area contributed by atoms with E-state index < -0.39 is 33.7 Å². The van der Waals surface area contributed by atoms with Crippen LogP contribution in [-0.4, -0.2) is 44.5 Å². The van der Waals surface area contributed by atoms with Crippen molar-refractivity contribution in [3.05, 3.63) is 46.6 Å². The highest BCUT2D eigenvalue weighted by atomic mass is 32.2. The molecule has 1 aromatic heterocycles. The van der Waals surface area contributed by atoms with Crippen LogP contribution in [0, 0.1) is 26.6 Å². The molecule has 2 amide bonds. The lowest BCUT2D eigenvalue weighted by atomic mass is 10.1. The van der Waals surface area contributed by atoms with Crippen LogP contribution in [0.4, 0.5) is 4.39 Å². The Morgan fingerprint density at radius 2 is 1.83 bits per heavy atom. The van der Waals surface area contributed by atoms with Gasteiger partial charge in [0, 0.05) is 18.7 Å². The van der Waals surface area contributed by atoms with Gasteiger partial charge in [0.05, 0.1) is 6.04 Å². The summed E-state index contributed by atoms with van der Waals surface area (Å²) < 4.78 is 45.4. The standard InChI is InChI=1S/C18H23FN4O5S/c1-10-5-6-14(9-15(10)19)18(25)21-8-7-20-17(24)12(3)23-29(26,27)16-11(2)22-28-13(16)4/h5-6,9,12,23H,7-8H2,1-4H3,(H,20,24)(H,21,25)/t12-/m0/s1. The second kappa shape index (κ2) is 9.14. The first-order valence-electron chi connectivity index (χ1n) is 8.80. The minimum absolute atomic E-state index is 0.0658. The molecule has 2 aromatic rings. The third-order valence-corrected chi connectivity index (χ3v) is 5.89. The Hall–Kier alpha value is -2.79. The number of rotatable bonds is 8. The van der Waals surface area contributed by atoms with E-state index in [1.165, 1.54) is 32.9 Å². The third-order valence-electron chi connectivity index (χ3n) is 4.11. The highest BCUT2D eigenvalue weighted by Crippen LogP contribution is 2.18. The Morgan fingerprint density at radius 3 is 2.41 bits per heavy atom. The zero-order chi connectivity index (χ0) is 21.8. The van der Waals surface area contributed by atoms with Crippen molar-refractivity contribution >= 4 is 21.8 Å². The van der Waals surface area contributed by atoms with Gasteiger partial charge >= 0.3 is 0 Å². The van der Waals surface area contributed by atoms with Crippen LogP contribution in [0.5, 0.6) is 0 Å². The number of aromatic nitrogens is 1. The van der Waals surface area contributed by atoms with Crippen LogP contribution >= 0.6 is 0 Å². The maximum absolute atomic E-state index is 13.5. The van der Waals surface area contributed by atoms with Crippen LogP contribution in [0.25, 0.3) is 0 Å². The van der Waals surface area contributed by atoms with Gasteiger partial charge in [0.1, 0.15) is 16.4 Å². The number of hydrogen-bond donors (Lipinski definition) is 3. The Kier molecular flexibility index (Phi) is 7.09. The first-order valence-corrected chi connectivity index (χ1v) is 10.3. The summed E-state index contributed by atoms with van der Waals surface area (Å²) in [6, 6.07) is 3.07. The van der Waals surface area contributed by atoms with Crippen molar-refractivity contribution in [1.82, 2.24) is 20.5 Å². The largest absolute Gasteiger partial charge is 0.360 e. The Balaban J connectivity index is 1.83. The lowest BCUT2D eigenvalue weighted by Gasteiger charge is -2.14. The van der Waals surface area contributed by atoms with Crippen molar-refractivity contribution in [3.8, 4) is 0 Å². The van der Waals surface area contributed by atoms with E-state index in [0.717, 1.165) is 6.07 Å². The minimum Gasteiger partial charge on any atom is -0.360 e. The molecular formula is C18H23FN4O5S. The Morgan fingerprint density at radius 1 is 1.17 bits per heavy atom. The predicted molar refractivity (Wildman–Crippen MR) is 102 cm³/mol. The fourth-order valence-electron chi connectivity index (χ4n) is 2.55. The summed E-state index contributed by atoms with van der Waals surface area (Å²) in [5.74, 6) is -1.41. The molecule has 0 spiro atoms. The van der Waals surface area contributed by atoms with Gasteiger partial charge in [-0.25, -0.2) is 12.8 Å². The molecule has 1 heterocycles. The number of carbonyl (C=O) groups excluding carboxylic acids is 2. The van der Waals surface area contributed by atoms with Crippen molar-refractivity contribution < 1.29 is 26.9 Å². The van der Waals surface area contributed by atoms with E-state index in [4.69, 9.17) is 4.52 Å². The van der Waals surface area contributed by atoms with E-state index in [0.29, 0.717) is 5.56 Å². The van der Waals surface area contributed by atoms with Gasteiger partial charge in [-0.1, -0.05) is 11.2 Å². The average molecular weight is 426 g/mol. The van der Waals surface area contributed by atoms with Gasteiger partial charge in [-0.15, -0.1) is 0 Å². The lowest BCUT2D eigenvalue weighted by molar-refractivity contribution is -0.122. The van der Waals surface area contributed by atoms with Gasteiger partial charge in [0.15, 0.2) is 5.76 Å². The lowest BCUT2D eigenvalue weighted by Crippen LogP contribution is -2.46. The quantitative estimate of drug-likeness (QED) is 0.539. The molecule has 9 nitrogen and oxygen atoms in total. The number of amides is 2. The van der Waals surface area contributed by atoms with Crippen LogP contribution in [0.15, 0.2) is 27.6 Å². The van der Waals surface area contributed by atoms with Crippen LogP contribution < -0.4 is 15.4 Å². The number of nitrogens with zero attached hydrogens (tertiary/aromatic N) is 1. The Labute approximate surface area is 168 Å². The van der Waals surface area contributed by atoms with Crippen molar-refractivity contribution in [1.29, 1.82) is 0 Å². The third kappa shape index (κ3) is 5.61. The minimum atomic E-state index is -3.98. The molecule has 1 aromatic carbocycles. The monoisotopic (exact) mass is 426 g/mol. The van der Waals surface area contributed by atoms with Gasteiger partial charge in [0.25, 0.3) is 5.91 Å². The molecule has 0 aliphatic carbocycles. The van der Waals surface area contributed by atoms with Gasteiger partial charge in [-0.2, -0.15) is 4.72 Å². The van der Waals surface area contributed by atoms with Crippen LogP contribution in [-0.2, 0) is 14.8 Å². The molecule has 29 heavy (non-hydrogen) atoms. The summed E-state index contributed by atoms with van der Waals surface area (Å²) in [4.78, 5) is 24.0. The maximum atomic E-state index is 13.5. The first-order chi connectivity index (χ1) is 13.5. The molecule has 0 saturated carbocycles. The predicted octanol–water partition coefficient (Wildman–Crippen LogP) is 0.952. The summed E-state index contributed by atoms with van der Waals surface area (Å²) in [6.07, 6.45) is 0.